The third-order valence-corrected chi connectivity index (χ3v) is 5.95. The molecule has 1 aliphatic heterocycles. The quantitative estimate of drug-likeness (QED) is 0.824. The molecule has 1 saturated heterocycles. The molecule has 2 N–H and O–H groups in total. The molecular weight excluding hydrogens is 332 g/mol. The van der Waals surface area contributed by atoms with Gasteiger partial charge in [-0.15, -0.1) is 12.4 Å². The lowest BCUT2D eigenvalue weighted by Gasteiger charge is -2.37. The molecule has 0 aromatic heterocycles. The van der Waals surface area contributed by atoms with Gasteiger partial charge in [0.2, 0.25) is 5.91 Å². The van der Waals surface area contributed by atoms with Crippen LogP contribution in [0.25, 0.3) is 0 Å². The Morgan fingerprint density at radius 1 is 1.24 bits per heavy atom. The van der Waals surface area contributed by atoms with Crippen LogP contribution in [0.2, 0.25) is 0 Å². The Morgan fingerprint density at radius 2 is 2.04 bits per heavy atom. The van der Waals surface area contributed by atoms with E-state index in [1.807, 2.05) is 0 Å². The summed E-state index contributed by atoms with van der Waals surface area (Å²) in [4.78, 5) is 13.1. The van der Waals surface area contributed by atoms with Gasteiger partial charge in [0, 0.05) is 6.54 Å². The van der Waals surface area contributed by atoms with Crippen molar-refractivity contribution in [3.05, 3.63) is 35.4 Å². The van der Waals surface area contributed by atoms with E-state index in [9.17, 15) is 4.79 Å². The Hall–Kier alpha value is -1.06. The van der Waals surface area contributed by atoms with E-state index in [4.69, 9.17) is 0 Å². The highest BCUT2D eigenvalue weighted by Crippen LogP contribution is 2.40. The summed E-state index contributed by atoms with van der Waals surface area (Å²) in [5.74, 6) is 0.983. The summed E-state index contributed by atoms with van der Waals surface area (Å²) in [6, 6.07) is 8.59. The predicted molar refractivity (Wildman–Crippen MR) is 106 cm³/mol. The maximum atomic E-state index is 13.1. The molecule has 25 heavy (non-hydrogen) atoms. The first kappa shape index (κ1) is 20.3. The third-order valence-electron chi connectivity index (χ3n) is 5.95. The highest BCUT2D eigenvalue weighted by Gasteiger charge is 2.40. The van der Waals surface area contributed by atoms with Gasteiger partial charge in [0.25, 0.3) is 0 Å². The second kappa shape index (κ2) is 9.59. The van der Waals surface area contributed by atoms with Crippen molar-refractivity contribution in [3.63, 3.8) is 0 Å². The van der Waals surface area contributed by atoms with Crippen molar-refractivity contribution in [2.75, 3.05) is 19.6 Å². The van der Waals surface area contributed by atoms with E-state index in [0.29, 0.717) is 0 Å². The Bertz CT molecular complexity index is 549. The van der Waals surface area contributed by atoms with E-state index >= 15 is 0 Å². The van der Waals surface area contributed by atoms with Crippen LogP contribution in [-0.4, -0.2) is 25.5 Å². The fourth-order valence-electron chi connectivity index (χ4n) is 4.47. The summed E-state index contributed by atoms with van der Waals surface area (Å²) in [5.41, 5.74) is 2.17. The zero-order valence-corrected chi connectivity index (χ0v) is 16.3. The Kier molecular flexibility index (Phi) is 7.77. The number of hydrogen-bond donors (Lipinski definition) is 2. The average molecular weight is 365 g/mol. The van der Waals surface area contributed by atoms with Crippen LogP contribution >= 0.6 is 12.4 Å². The van der Waals surface area contributed by atoms with Gasteiger partial charge >= 0.3 is 0 Å². The average Bonchev–Trinajstić information content (AvgIpc) is 2.63. The normalized spacial score (nSPS) is 22.7. The molecule has 1 aromatic carbocycles. The van der Waals surface area contributed by atoms with Crippen molar-refractivity contribution < 1.29 is 4.79 Å². The molecule has 0 spiro atoms. The van der Waals surface area contributed by atoms with Gasteiger partial charge in [-0.1, -0.05) is 49.1 Å². The topological polar surface area (TPSA) is 41.1 Å². The first-order chi connectivity index (χ1) is 11.7. The molecule has 0 radical (unpaired) electrons. The maximum absolute atomic E-state index is 13.1. The number of nitrogens with one attached hydrogen (secondary N) is 2. The molecule has 0 bridgehead atoms. The van der Waals surface area contributed by atoms with Gasteiger partial charge in [0.1, 0.15) is 0 Å². The molecule has 140 valence electrons. The fourth-order valence-corrected chi connectivity index (χ4v) is 4.47. The van der Waals surface area contributed by atoms with E-state index in [1.54, 1.807) is 0 Å². The molecule has 3 rings (SSSR count). The largest absolute Gasteiger partial charge is 0.355 e. The van der Waals surface area contributed by atoms with Crippen LogP contribution in [0.4, 0.5) is 0 Å². The molecule has 1 unspecified atom stereocenters. The molecule has 1 aromatic rings. The smallest absolute Gasteiger partial charge is 0.230 e. The van der Waals surface area contributed by atoms with Crippen LogP contribution in [0.5, 0.6) is 0 Å². The molecular formula is C21H33ClN2O. The standard InChI is InChI=1S/C21H32N2O.ClH/c1-17-7-5-9-19(15-17)21(11-3-2-4-12-21)20(24)23-14-10-18-8-6-13-22-16-18;/h5,7,9,15,18,22H,2-4,6,8,10-14,16H2,1H3,(H,23,24);1H. The summed E-state index contributed by atoms with van der Waals surface area (Å²) in [6.07, 6.45) is 9.23. The number of rotatable bonds is 5. The molecule has 2 fully saturated rings. The minimum atomic E-state index is -0.297. The molecule has 2 aliphatic rings. The lowest BCUT2D eigenvalue weighted by atomic mass is 9.68. The predicted octanol–water partition coefficient (Wildman–Crippen LogP) is 4.12. The van der Waals surface area contributed by atoms with Crippen molar-refractivity contribution in [1.82, 2.24) is 10.6 Å². The lowest BCUT2D eigenvalue weighted by molar-refractivity contribution is -0.128. The number of hydrogen-bond acceptors (Lipinski definition) is 2. The number of aryl methyl sites for hydroxylation is 1. The van der Waals surface area contributed by atoms with E-state index in [0.717, 1.165) is 57.7 Å². The van der Waals surface area contributed by atoms with Gasteiger partial charge < -0.3 is 10.6 Å². The number of carbonyl (C=O) groups excluding carboxylic acids is 1. The van der Waals surface area contributed by atoms with Crippen LogP contribution < -0.4 is 10.6 Å². The van der Waals surface area contributed by atoms with Crippen molar-refractivity contribution in [2.45, 2.75) is 63.7 Å². The Labute approximate surface area is 158 Å². The van der Waals surface area contributed by atoms with Crippen molar-refractivity contribution in [2.24, 2.45) is 5.92 Å². The van der Waals surface area contributed by atoms with Crippen LogP contribution in [0.3, 0.4) is 0 Å². The zero-order valence-electron chi connectivity index (χ0n) is 15.5. The van der Waals surface area contributed by atoms with Crippen molar-refractivity contribution >= 4 is 18.3 Å². The molecule has 1 heterocycles. The lowest BCUT2D eigenvalue weighted by Crippen LogP contribution is -2.46. The molecule has 1 atom stereocenters. The van der Waals surface area contributed by atoms with Crippen LogP contribution in [0.15, 0.2) is 24.3 Å². The fraction of sp³-hybridized carbons (Fsp3) is 0.667. The highest BCUT2D eigenvalue weighted by atomic mass is 35.5. The molecule has 1 amide bonds. The van der Waals surface area contributed by atoms with E-state index < -0.39 is 0 Å². The van der Waals surface area contributed by atoms with E-state index in [1.165, 1.54) is 30.4 Å². The summed E-state index contributed by atoms with van der Waals surface area (Å²) < 4.78 is 0. The molecule has 3 nitrogen and oxygen atoms in total. The second-order valence-electron chi connectivity index (χ2n) is 7.77. The van der Waals surface area contributed by atoms with Crippen molar-refractivity contribution in [1.29, 1.82) is 0 Å². The van der Waals surface area contributed by atoms with Gasteiger partial charge in [0.05, 0.1) is 5.41 Å². The number of benzene rings is 1. The summed E-state index contributed by atoms with van der Waals surface area (Å²) >= 11 is 0. The molecule has 4 heteroatoms. The minimum absolute atomic E-state index is 0. The first-order valence-electron chi connectivity index (χ1n) is 9.77. The number of halogens is 1. The van der Waals surface area contributed by atoms with Gasteiger partial charge in [-0.3, -0.25) is 4.79 Å². The molecule has 1 aliphatic carbocycles. The second-order valence-corrected chi connectivity index (χ2v) is 7.77. The van der Waals surface area contributed by atoms with Crippen LogP contribution in [0, 0.1) is 12.8 Å². The van der Waals surface area contributed by atoms with Gasteiger partial charge in [-0.25, -0.2) is 0 Å². The maximum Gasteiger partial charge on any atom is 0.230 e. The summed E-state index contributed by atoms with van der Waals surface area (Å²) in [7, 11) is 0. The van der Waals surface area contributed by atoms with Crippen LogP contribution in [-0.2, 0) is 10.2 Å². The SMILES string of the molecule is Cc1cccc(C2(C(=O)NCCC3CCCNC3)CCCCC2)c1.Cl. The highest BCUT2D eigenvalue weighted by molar-refractivity contribution is 5.88. The summed E-state index contributed by atoms with van der Waals surface area (Å²) in [6.45, 7) is 5.20. The van der Waals surface area contributed by atoms with Gasteiger partial charge in [-0.05, 0) is 63.6 Å². The van der Waals surface area contributed by atoms with Gasteiger partial charge in [0.15, 0.2) is 0 Å². The number of amides is 1. The zero-order chi connectivity index (χ0) is 16.8. The summed E-state index contributed by atoms with van der Waals surface area (Å²) in [5, 5.41) is 6.75. The number of carbonyl (C=O) groups is 1. The third kappa shape index (κ3) is 4.98. The van der Waals surface area contributed by atoms with E-state index in [2.05, 4.69) is 41.8 Å². The van der Waals surface area contributed by atoms with Crippen LogP contribution in [0.1, 0.15) is 62.5 Å². The Morgan fingerprint density at radius 3 is 2.72 bits per heavy atom. The molecule has 1 saturated carbocycles. The monoisotopic (exact) mass is 364 g/mol. The van der Waals surface area contributed by atoms with E-state index in [-0.39, 0.29) is 23.7 Å². The van der Waals surface area contributed by atoms with Gasteiger partial charge in [-0.2, -0.15) is 0 Å². The minimum Gasteiger partial charge on any atom is -0.355 e. The first-order valence-corrected chi connectivity index (χ1v) is 9.77. The Balaban J connectivity index is 0.00000225. The van der Waals surface area contributed by atoms with Crippen molar-refractivity contribution in [3.8, 4) is 0 Å². The number of piperidine rings is 1.